The van der Waals surface area contributed by atoms with Gasteiger partial charge in [0.25, 0.3) is 5.91 Å². The van der Waals surface area contributed by atoms with Crippen molar-refractivity contribution in [1.82, 2.24) is 9.97 Å². The van der Waals surface area contributed by atoms with Crippen molar-refractivity contribution in [1.29, 1.82) is 0 Å². The summed E-state index contributed by atoms with van der Waals surface area (Å²) in [4.78, 5) is 20.4. The minimum Gasteiger partial charge on any atom is -0.497 e. The number of nitrogens with zero attached hydrogens (tertiary/aromatic N) is 2. The van der Waals surface area contributed by atoms with E-state index in [4.69, 9.17) is 16.2 Å². The van der Waals surface area contributed by atoms with E-state index in [0.29, 0.717) is 17.0 Å². The predicted octanol–water partition coefficient (Wildman–Crippen LogP) is 3.95. The average molecular weight is 469 g/mol. The zero-order chi connectivity index (χ0) is 24.2. The first-order valence-electron chi connectivity index (χ1n) is 10.9. The molecule has 0 bridgehead atoms. The van der Waals surface area contributed by atoms with Crippen LogP contribution in [0.5, 0.6) is 5.75 Å². The highest BCUT2D eigenvalue weighted by molar-refractivity contribution is 5.98. The molecule has 1 aliphatic rings. The largest absolute Gasteiger partial charge is 0.497 e. The predicted molar refractivity (Wildman–Crippen MR) is 126 cm³/mol. The van der Waals surface area contributed by atoms with Crippen LogP contribution in [0.4, 0.5) is 26.1 Å². The minimum absolute atomic E-state index is 0.0298. The molecule has 178 valence electrons. The highest BCUT2D eigenvalue weighted by Crippen LogP contribution is 2.30. The summed E-state index contributed by atoms with van der Waals surface area (Å²) < 4.78 is 34.4. The number of hydrogen-bond acceptors (Lipinski definition) is 7. The fourth-order valence-corrected chi connectivity index (χ4v) is 4.03. The molecule has 2 heterocycles. The van der Waals surface area contributed by atoms with Crippen LogP contribution in [0.15, 0.2) is 42.7 Å². The Hall–Kier alpha value is -3.79. The number of ether oxygens (including phenoxy) is 1. The number of benzene rings is 1. The van der Waals surface area contributed by atoms with E-state index >= 15 is 0 Å². The Morgan fingerprint density at radius 2 is 1.88 bits per heavy atom. The number of halogens is 2. The van der Waals surface area contributed by atoms with Crippen LogP contribution >= 0.6 is 0 Å². The monoisotopic (exact) mass is 468 g/mol. The molecule has 1 saturated carbocycles. The molecule has 0 saturated heterocycles. The van der Waals surface area contributed by atoms with Crippen molar-refractivity contribution >= 4 is 23.2 Å². The number of anilines is 3. The zero-order valence-corrected chi connectivity index (χ0v) is 18.6. The second-order valence-corrected chi connectivity index (χ2v) is 8.21. The summed E-state index contributed by atoms with van der Waals surface area (Å²) in [5.41, 5.74) is 12.7. The van der Waals surface area contributed by atoms with Gasteiger partial charge in [0.05, 0.1) is 24.6 Å². The second-order valence-electron chi connectivity index (χ2n) is 8.21. The maximum absolute atomic E-state index is 14.7. The van der Waals surface area contributed by atoms with Crippen LogP contribution in [0.2, 0.25) is 0 Å². The molecule has 10 heteroatoms. The molecule has 3 aromatic rings. The number of hydrogen-bond donors (Lipinski definition) is 4. The molecule has 1 unspecified atom stereocenters. The van der Waals surface area contributed by atoms with Crippen LogP contribution in [0, 0.1) is 11.6 Å². The molecule has 2 atom stereocenters. The molecule has 0 radical (unpaired) electrons. The lowest BCUT2D eigenvalue weighted by Gasteiger charge is -2.30. The minimum atomic E-state index is -0.849. The smallest absolute Gasteiger partial charge is 0.252 e. The van der Waals surface area contributed by atoms with Gasteiger partial charge in [0, 0.05) is 29.4 Å². The molecule has 1 amide bonds. The van der Waals surface area contributed by atoms with Crippen molar-refractivity contribution in [3.8, 4) is 16.9 Å². The highest BCUT2D eigenvalue weighted by atomic mass is 19.1. The average Bonchev–Trinajstić information content (AvgIpc) is 2.82. The van der Waals surface area contributed by atoms with Crippen molar-refractivity contribution in [2.24, 2.45) is 11.5 Å². The van der Waals surface area contributed by atoms with Gasteiger partial charge < -0.3 is 26.8 Å². The van der Waals surface area contributed by atoms with Crippen LogP contribution in [0.25, 0.3) is 11.1 Å². The highest BCUT2D eigenvalue weighted by Gasteiger charge is 2.24. The molecular weight excluding hydrogens is 442 g/mol. The number of carbonyl (C=O) groups is 1. The number of nitrogens with one attached hydrogen (secondary N) is 2. The Labute approximate surface area is 195 Å². The number of amides is 1. The Morgan fingerprint density at radius 1 is 1.09 bits per heavy atom. The van der Waals surface area contributed by atoms with E-state index in [1.54, 1.807) is 12.1 Å². The van der Waals surface area contributed by atoms with Crippen molar-refractivity contribution in [3.63, 3.8) is 0 Å². The number of primary amides is 1. The molecule has 4 rings (SSSR count). The van der Waals surface area contributed by atoms with Crippen molar-refractivity contribution < 1.29 is 18.3 Å². The maximum Gasteiger partial charge on any atom is 0.252 e. The normalized spacial score (nSPS) is 17.8. The first kappa shape index (κ1) is 23.4. The van der Waals surface area contributed by atoms with Crippen LogP contribution in [-0.4, -0.2) is 35.1 Å². The summed E-state index contributed by atoms with van der Waals surface area (Å²) >= 11 is 0. The third-order valence-electron chi connectivity index (χ3n) is 5.87. The standard InChI is InChI=1S/C24H26F2N6O2/c1-34-15-6-7-18(25)16(9-15)13-8-14(12-29-11-13)30-23-17(22(28)33)10-19(26)24(32-23)31-21-5-3-2-4-20(21)27/h6-12,20-21H,2-5,27H2,1H3,(H2,28,33)(H2,30,31,32)/t20?,21-/m1/s1. The van der Waals surface area contributed by atoms with Gasteiger partial charge in [-0.15, -0.1) is 0 Å². The summed E-state index contributed by atoms with van der Waals surface area (Å²) in [6.45, 7) is 0. The first-order valence-corrected chi connectivity index (χ1v) is 10.9. The SMILES string of the molecule is COc1ccc(F)c(-c2cncc(Nc3nc(N[C@@H]4CCCCC4N)c(F)cc3C(N)=O)c2)c1. The lowest BCUT2D eigenvalue weighted by molar-refractivity contribution is 0.100. The molecule has 8 nitrogen and oxygen atoms in total. The molecule has 1 fully saturated rings. The third kappa shape index (κ3) is 5.07. The van der Waals surface area contributed by atoms with Crippen LogP contribution in [-0.2, 0) is 0 Å². The van der Waals surface area contributed by atoms with Gasteiger partial charge in [-0.3, -0.25) is 9.78 Å². The molecule has 1 aromatic carbocycles. The number of nitrogens with two attached hydrogens (primary N) is 2. The van der Waals surface area contributed by atoms with E-state index in [9.17, 15) is 13.6 Å². The fraction of sp³-hybridized carbons (Fsp3) is 0.292. The van der Waals surface area contributed by atoms with E-state index in [1.165, 1.54) is 31.6 Å². The third-order valence-corrected chi connectivity index (χ3v) is 5.87. The lowest BCUT2D eigenvalue weighted by Crippen LogP contribution is -2.43. The molecule has 6 N–H and O–H groups in total. The Morgan fingerprint density at radius 3 is 2.62 bits per heavy atom. The van der Waals surface area contributed by atoms with Gasteiger partial charge in [-0.1, -0.05) is 12.8 Å². The van der Waals surface area contributed by atoms with E-state index in [-0.39, 0.29) is 34.8 Å². The molecule has 0 aliphatic heterocycles. The quantitative estimate of drug-likeness (QED) is 0.413. The Balaban J connectivity index is 1.66. The van der Waals surface area contributed by atoms with Crippen LogP contribution in [0.3, 0.4) is 0 Å². The number of methoxy groups -OCH3 is 1. The molecule has 34 heavy (non-hydrogen) atoms. The Bertz CT molecular complexity index is 1210. The van der Waals surface area contributed by atoms with Crippen molar-refractivity contribution in [3.05, 3.63) is 59.9 Å². The van der Waals surface area contributed by atoms with Gasteiger partial charge in [-0.05, 0) is 43.2 Å². The number of pyridine rings is 2. The van der Waals surface area contributed by atoms with Gasteiger partial charge in [-0.25, -0.2) is 13.8 Å². The molecule has 2 aromatic heterocycles. The first-order chi connectivity index (χ1) is 16.4. The zero-order valence-electron chi connectivity index (χ0n) is 18.6. The summed E-state index contributed by atoms with van der Waals surface area (Å²) in [5, 5.41) is 6.03. The van der Waals surface area contributed by atoms with Crippen LogP contribution < -0.4 is 26.8 Å². The summed E-state index contributed by atoms with van der Waals surface area (Å²) in [6, 6.07) is 6.77. The number of aromatic nitrogens is 2. The van der Waals surface area contributed by atoms with Gasteiger partial charge in [0.1, 0.15) is 17.4 Å². The van der Waals surface area contributed by atoms with Gasteiger partial charge in [0.15, 0.2) is 11.6 Å². The molecule has 1 aliphatic carbocycles. The van der Waals surface area contributed by atoms with Crippen molar-refractivity contribution in [2.45, 2.75) is 37.8 Å². The van der Waals surface area contributed by atoms with Gasteiger partial charge in [-0.2, -0.15) is 0 Å². The fourth-order valence-electron chi connectivity index (χ4n) is 4.03. The van der Waals surface area contributed by atoms with Crippen LogP contribution in [0.1, 0.15) is 36.0 Å². The lowest BCUT2D eigenvalue weighted by atomic mass is 9.91. The summed E-state index contributed by atoms with van der Waals surface area (Å²) in [5.74, 6) is -1.50. The number of carbonyl (C=O) groups excluding carboxylic acids is 1. The molecular formula is C24H26F2N6O2. The van der Waals surface area contributed by atoms with E-state index in [0.717, 1.165) is 31.7 Å². The van der Waals surface area contributed by atoms with Gasteiger partial charge >= 0.3 is 0 Å². The van der Waals surface area contributed by atoms with Crippen molar-refractivity contribution in [2.75, 3.05) is 17.7 Å². The number of rotatable bonds is 7. The molecule has 0 spiro atoms. The maximum atomic E-state index is 14.7. The topological polar surface area (TPSA) is 128 Å². The van der Waals surface area contributed by atoms with E-state index in [2.05, 4.69) is 20.6 Å². The van der Waals surface area contributed by atoms with E-state index in [1.807, 2.05) is 0 Å². The Kier molecular flexibility index (Phi) is 6.87. The van der Waals surface area contributed by atoms with Gasteiger partial charge in [0.2, 0.25) is 0 Å². The summed E-state index contributed by atoms with van der Waals surface area (Å²) in [7, 11) is 1.49. The van der Waals surface area contributed by atoms with E-state index < -0.39 is 17.5 Å². The second kappa shape index (κ2) is 10.0. The summed E-state index contributed by atoms with van der Waals surface area (Å²) in [6.07, 6.45) is 6.61.